The van der Waals surface area contributed by atoms with Crippen LogP contribution in [0.15, 0.2) is 48.5 Å². The van der Waals surface area contributed by atoms with Gasteiger partial charge in [0.25, 0.3) is 0 Å². The van der Waals surface area contributed by atoms with Gasteiger partial charge in [-0.15, -0.1) is 0 Å². The molecular formula is C22H25FN2O2. The van der Waals surface area contributed by atoms with E-state index in [1.54, 1.807) is 18.2 Å². The highest BCUT2D eigenvalue weighted by Gasteiger charge is 2.30. The summed E-state index contributed by atoms with van der Waals surface area (Å²) in [7, 11) is 0. The van der Waals surface area contributed by atoms with Crippen LogP contribution in [-0.2, 0) is 16.1 Å². The fourth-order valence-corrected chi connectivity index (χ4v) is 3.53. The van der Waals surface area contributed by atoms with Crippen LogP contribution in [0.4, 0.5) is 10.1 Å². The van der Waals surface area contributed by atoms with Gasteiger partial charge in [-0.05, 0) is 50.3 Å². The van der Waals surface area contributed by atoms with Crippen LogP contribution in [-0.4, -0.2) is 11.8 Å². The molecule has 0 unspecified atom stereocenters. The summed E-state index contributed by atoms with van der Waals surface area (Å²) in [5.74, 6) is -0.528. The van der Waals surface area contributed by atoms with Crippen LogP contribution in [0, 0.1) is 24.6 Å². The molecular weight excluding hydrogens is 343 g/mol. The van der Waals surface area contributed by atoms with Gasteiger partial charge in [0.15, 0.2) is 0 Å². The Kier molecular flexibility index (Phi) is 6.22. The molecule has 0 heterocycles. The molecule has 2 aromatic rings. The third-order valence-corrected chi connectivity index (χ3v) is 5.28. The molecule has 1 aliphatic carbocycles. The second kappa shape index (κ2) is 8.80. The zero-order valence-electron chi connectivity index (χ0n) is 15.5. The number of nitrogens with one attached hydrogen (secondary N) is 2. The van der Waals surface area contributed by atoms with E-state index in [0.717, 1.165) is 11.3 Å². The maximum atomic E-state index is 13.6. The van der Waals surface area contributed by atoms with Crippen molar-refractivity contribution in [2.45, 2.75) is 39.2 Å². The Morgan fingerprint density at radius 1 is 0.926 bits per heavy atom. The van der Waals surface area contributed by atoms with Gasteiger partial charge in [-0.2, -0.15) is 0 Å². The summed E-state index contributed by atoms with van der Waals surface area (Å²) in [5.41, 5.74) is 2.36. The van der Waals surface area contributed by atoms with Crippen LogP contribution in [0.25, 0.3) is 0 Å². The van der Waals surface area contributed by atoms with E-state index in [9.17, 15) is 14.0 Å². The summed E-state index contributed by atoms with van der Waals surface area (Å²) in [6, 6.07) is 14.1. The van der Waals surface area contributed by atoms with Crippen molar-refractivity contribution in [3.8, 4) is 0 Å². The molecule has 4 nitrogen and oxygen atoms in total. The zero-order chi connectivity index (χ0) is 19.2. The molecule has 0 spiro atoms. The van der Waals surface area contributed by atoms with Crippen LogP contribution in [0.3, 0.4) is 0 Å². The molecule has 3 rings (SSSR count). The van der Waals surface area contributed by atoms with Gasteiger partial charge in [0.1, 0.15) is 5.82 Å². The second-order valence-corrected chi connectivity index (χ2v) is 7.16. The highest BCUT2D eigenvalue weighted by atomic mass is 19.1. The van der Waals surface area contributed by atoms with E-state index in [-0.39, 0.29) is 36.0 Å². The Balaban J connectivity index is 1.47. The molecule has 1 saturated carbocycles. The van der Waals surface area contributed by atoms with E-state index < -0.39 is 0 Å². The Hall–Kier alpha value is -2.69. The Bertz CT molecular complexity index is 813. The number of hydrogen-bond donors (Lipinski definition) is 2. The average molecular weight is 368 g/mol. The molecule has 1 fully saturated rings. The first-order chi connectivity index (χ1) is 13.0. The summed E-state index contributed by atoms with van der Waals surface area (Å²) >= 11 is 0. The quantitative estimate of drug-likeness (QED) is 0.831. The van der Waals surface area contributed by atoms with Gasteiger partial charge in [-0.25, -0.2) is 4.39 Å². The van der Waals surface area contributed by atoms with Crippen LogP contribution in [0.1, 0.15) is 36.8 Å². The van der Waals surface area contributed by atoms with Gasteiger partial charge in [-0.3, -0.25) is 9.59 Å². The van der Waals surface area contributed by atoms with E-state index in [2.05, 4.69) is 10.6 Å². The Morgan fingerprint density at radius 2 is 1.52 bits per heavy atom. The van der Waals surface area contributed by atoms with Crippen LogP contribution < -0.4 is 10.6 Å². The number of para-hydroxylation sites is 1. The molecule has 2 aromatic carbocycles. The lowest BCUT2D eigenvalue weighted by atomic mass is 9.81. The fourth-order valence-electron chi connectivity index (χ4n) is 3.53. The zero-order valence-corrected chi connectivity index (χ0v) is 15.5. The minimum atomic E-state index is -0.311. The molecule has 0 saturated heterocycles. The van der Waals surface area contributed by atoms with Crippen molar-refractivity contribution in [3.63, 3.8) is 0 Å². The smallest absolute Gasteiger partial charge is 0.227 e. The molecule has 2 amide bonds. The van der Waals surface area contributed by atoms with Gasteiger partial charge in [0.05, 0.1) is 0 Å². The van der Waals surface area contributed by atoms with Crippen molar-refractivity contribution >= 4 is 17.5 Å². The number of benzene rings is 2. The molecule has 142 valence electrons. The normalized spacial score (nSPS) is 19.3. The lowest BCUT2D eigenvalue weighted by Crippen LogP contribution is -2.35. The standard InChI is InChI=1S/C22H25FN2O2/c1-15-6-2-5-9-20(15)25-22(27)17-12-10-16(11-13-17)21(26)24-14-18-7-3-4-8-19(18)23/h2-9,16-17H,10-14H2,1H3,(H,24,26)(H,25,27). The molecule has 5 heteroatoms. The monoisotopic (exact) mass is 368 g/mol. The van der Waals surface area contributed by atoms with Crippen molar-refractivity contribution < 1.29 is 14.0 Å². The first-order valence-corrected chi connectivity index (χ1v) is 9.42. The average Bonchev–Trinajstić information content (AvgIpc) is 2.69. The predicted molar refractivity (Wildman–Crippen MR) is 104 cm³/mol. The molecule has 0 aliphatic heterocycles. The summed E-state index contributed by atoms with van der Waals surface area (Å²) in [6.07, 6.45) is 2.73. The van der Waals surface area contributed by atoms with E-state index >= 15 is 0 Å². The van der Waals surface area contributed by atoms with Gasteiger partial charge in [-0.1, -0.05) is 36.4 Å². The molecule has 0 atom stereocenters. The maximum Gasteiger partial charge on any atom is 0.227 e. The van der Waals surface area contributed by atoms with Crippen molar-refractivity contribution in [2.75, 3.05) is 5.32 Å². The van der Waals surface area contributed by atoms with E-state index in [1.165, 1.54) is 6.07 Å². The molecule has 2 N–H and O–H groups in total. The Labute approximate surface area is 159 Å². The minimum absolute atomic E-state index is 0.0227. The molecule has 1 aliphatic rings. The largest absolute Gasteiger partial charge is 0.352 e. The minimum Gasteiger partial charge on any atom is -0.352 e. The number of rotatable bonds is 5. The van der Waals surface area contributed by atoms with E-state index in [4.69, 9.17) is 0 Å². The van der Waals surface area contributed by atoms with Crippen LogP contribution >= 0.6 is 0 Å². The summed E-state index contributed by atoms with van der Waals surface area (Å²) in [4.78, 5) is 24.9. The summed E-state index contributed by atoms with van der Waals surface area (Å²) in [6.45, 7) is 2.16. The van der Waals surface area contributed by atoms with Crippen molar-refractivity contribution in [1.82, 2.24) is 5.32 Å². The topological polar surface area (TPSA) is 58.2 Å². The first-order valence-electron chi connectivity index (χ1n) is 9.42. The van der Waals surface area contributed by atoms with Crippen LogP contribution in [0.2, 0.25) is 0 Å². The fraction of sp³-hybridized carbons (Fsp3) is 0.364. The number of anilines is 1. The van der Waals surface area contributed by atoms with Crippen molar-refractivity contribution in [3.05, 3.63) is 65.5 Å². The number of carbonyl (C=O) groups is 2. The lowest BCUT2D eigenvalue weighted by molar-refractivity contribution is -0.128. The van der Waals surface area contributed by atoms with Gasteiger partial charge in [0.2, 0.25) is 11.8 Å². The number of hydrogen-bond acceptors (Lipinski definition) is 2. The molecule has 0 bridgehead atoms. The third kappa shape index (κ3) is 4.94. The number of aryl methyl sites for hydroxylation is 1. The number of carbonyl (C=O) groups excluding carboxylic acids is 2. The van der Waals surface area contributed by atoms with Gasteiger partial charge < -0.3 is 10.6 Å². The molecule has 27 heavy (non-hydrogen) atoms. The first kappa shape index (κ1) is 19.1. The van der Waals surface area contributed by atoms with Crippen molar-refractivity contribution in [1.29, 1.82) is 0 Å². The number of amides is 2. The highest BCUT2D eigenvalue weighted by Crippen LogP contribution is 2.30. The van der Waals surface area contributed by atoms with Gasteiger partial charge >= 0.3 is 0 Å². The lowest BCUT2D eigenvalue weighted by Gasteiger charge is -2.27. The summed E-state index contributed by atoms with van der Waals surface area (Å²) in [5, 5.41) is 5.82. The maximum absolute atomic E-state index is 13.6. The Morgan fingerprint density at radius 3 is 2.19 bits per heavy atom. The van der Waals surface area contributed by atoms with E-state index in [0.29, 0.717) is 31.2 Å². The molecule has 0 radical (unpaired) electrons. The SMILES string of the molecule is Cc1ccccc1NC(=O)C1CCC(C(=O)NCc2ccccc2F)CC1. The van der Waals surface area contributed by atoms with Crippen molar-refractivity contribution in [2.24, 2.45) is 11.8 Å². The highest BCUT2D eigenvalue weighted by molar-refractivity contribution is 5.93. The summed E-state index contributed by atoms with van der Waals surface area (Å²) < 4.78 is 13.6. The van der Waals surface area contributed by atoms with Gasteiger partial charge in [0, 0.05) is 29.6 Å². The van der Waals surface area contributed by atoms with Crippen LogP contribution in [0.5, 0.6) is 0 Å². The molecule has 0 aromatic heterocycles. The number of halogens is 1. The predicted octanol–water partition coefficient (Wildman–Crippen LogP) is 4.20. The van der Waals surface area contributed by atoms with E-state index in [1.807, 2.05) is 31.2 Å². The third-order valence-electron chi connectivity index (χ3n) is 5.28. The second-order valence-electron chi connectivity index (χ2n) is 7.16.